The fraction of sp³-hybridized carbons (Fsp3) is 0.269. The number of ether oxygens (including phenoxy) is 2. The van der Waals surface area contributed by atoms with Crippen LogP contribution in [0.5, 0.6) is 11.5 Å². The van der Waals surface area contributed by atoms with Gasteiger partial charge in [0.1, 0.15) is 11.5 Å². The molecule has 4 rings (SSSR count). The molecule has 3 aromatic rings. The van der Waals surface area contributed by atoms with Crippen LogP contribution in [0.2, 0.25) is 0 Å². The van der Waals surface area contributed by atoms with Gasteiger partial charge in [-0.05, 0) is 60.9 Å². The molecular weight excluding hydrogens is 466 g/mol. The number of aryl methyl sites for hydroxylation is 1. The minimum atomic E-state index is -3.82. The Morgan fingerprint density at radius 1 is 0.914 bits per heavy atom. The topological polar surface area (TPSA) is 88.2 Å². The van der Waals surface area contributed by atoms with Gasteiger partial charge in [-0.2, -0.15) is 0 Å². The first-order chi connectivity index (χ1) is 16.8. The molecule has 0 atom stereocenters. The first-order valence-corrected chi connectivity index (χ1v) is 12.8. The van der Waals surface area contributed by atoms with Crippen molar-refractivity contribution in [2.24, 2.45) is 0 Å². The number of benzene rings is 3. The Labute approximate surface area is 206 Å². The van der Waals surface area contributed by atoms with Gasteiger partial charge in [0.25, 0.3) is 10.0 Å². The molecule has 1 N–H and O–H groups in total. The van der Waals surface area contributed by atoms with Crippen LogP contribution in [0.15, 0.2) is 71.6 Å². The SMILES string of the molecule is COc1cc(CN2CCCN(c3ccc(C)cc3NS(=O)(=O)c3ccccc3)C2=O)cc(OC)c1. The standard InChI is InChI=1S/C26H29N3O5S/c1-19-10-11-25(24(14-19)27-35(31,32)23-8-5-4-6-9-23)29-13-7-12-28(26(29)30)18-20-15-21(33-2)17-22(16-20)34-3/h4-6,8-11,14-17,27H,7,12-13,18H2,1-3H3. The number of nitrogens with one attached hydrogen (secondary N) is 1. The highest BCUT2D eigenvalue weighted by molar-refractivity contribution is 7.92. The molecule has 0 aromatic heterocycles. The second-order valence-electron chi connectivity index (χ2n) is 8.37. The number of rotatable bonds is 8. The predicted octanol–water partition coefficient (Wildman–Crippen LogP) is 4.65. The Hall–Kier alpha value is -3.72. The van der Waals surface area contributed by atoms with Crippen molar-refractivity contribution in [3.63, 3.8) is 0 Å². The third kappa shape index (κ3) is 5.51. The molecule has 1 saturated heterocycles. The highest BCUT2D eigenvalue weighted by atomic mass is 32.2. The number of amides is 2. The van der Waals surface area contributed by atoms with Gasteiger partial charge in [-0.25, -0.2) is 13.2 Å². The van der Waals surface area contributed by atoms with Gasteiger partial charge >= 0.3 is 6.03 Å². The number of hydrogen-bond donors (Lipinski definition) is 1. The van der Waals surface area contributed by atoms with Gasteiger partial charge in [-0.1, -0.05) is 24.3 Å². The van der Waals surface area contributed by atoms with Crippen molar-refractivity contribution in [3.8, 4) is 11.5 Å². The molecule has 35 heavy (non-hydrogen) atoms. The fourth-order valence-corrected chi connectivity index (χ4v) is 5.19. The Morgan fingerprint density at radius 2 is 1.60 bits per heavy atom. The maximum Gasteiger partial charge on any atom is 0.324 e. The molecule has 184 valence electrons. The van der Waals surface area contributed by atoms with Gasteiger partial charge < -0.3 is 14.4 Å². The van der Waals surface area contributed by atoms with Crippen LogP contribution >= 0.6 is 0 Å². The summed E-state index contributed by atoms with van der Waals surface area (Å²) >= 11 is 0. The van der Waals surface area contributed by atoms with E-state index < -0.39 is 10.0 Å². The zero-order valence-corrected chi connectivity index (χ0v) is 20.8. The van der Waals surface area contributed by atoms with Crippen molar-refractivity contribution in [2.45, 2.75) is 24.8 Å². The summed E-state index contributed by atoms with van der Waals surface area (Å²) in [4.78, 5) is 17.1. The zero-order valence-electron chi connectivity index (χ0n) is 20.0. The molecule has 1 aliphatic rings. The van der Waals surface area contributed by atoms with E-state index in [1.165, 1.54) is 12.1 Å². The Bertz CT molecular complexity index is 1290. The van der Waals surface area contributed by atoms with Crippen LogP contribution in [0.3, 0.4) is 0 Å². The lowest BCUT2D eigenvalue weighted by molar-refractivity contribution is 0.192. The molecule has 9 heteroatoms. The molecule has 3 aromatic carbocycles. The quantitative estimate of drug-likeness (QED) is 0.492. The summed E-state index contributed by atoms with van der Waals surface area (Å²) < 4.78 is 39.4. The van der Waals surface area contributed by atoms with Gasteiger partial charge in [-0.3, -0.25) is 9.62 Å². The first-order valence-electron chi connectivity index (χ1n) is 11.3. The van der Waals surface area contributed by atoms with Crippen LogP contribution in [0.4, 0.5) is 16.2 Å². The number of urea groups is 1. The average Bonchev–Trinajstić information content (AvgIpc) is 2.86. The monoisotopic (exact) mass is 495 g/mol. The second kappa shape index (κ2) is 10.3. The van der Waals surface area contributed by atoms with Crippen molar-refractivity contribution in [2.75, 3.05) is 36.9 Å². The van der Waals surface area contributed by atoms with Crippen LogP contribution in [-0.2, 0) is 16.6 Å². The van der Waals surface area contributed by atoms with E-state index in [4.69, 9.17) is 9.47 Å². The number of nitrogens with zero attached hydrogens (tertiary/aromatic N) is 2. The predicted molar refractivity (Wildman–Crippen MR) is 136 cm³/mol. The highest BCUT2D eigenvalue weighted by Gasteiger charge is 2.29. The average molecular weight is 496 g/mol. The minimum Gasteiger partial charge on any atom is -0.497 e. The zero-order chi connectivity index (χ0) is 25.0. The van der Waals surface area contributed by atoms with E-state index >= 15 is 0 Å². The number of sulfonamides is 1. The molecule has 0 saturated carbocycles. The van der Waals surface area contributed by atoms with E-state index in [1.807, 2.05) is 25.1 Å². The lowest BCUT2D eigenvalue weighted by Gasteiger charge is -2.36. The van der Waals surface area contributed by atoms with Gasteiger partial charge in [0.05, 0.1) is 30.5 Å². The number of anilines is 2. The summed E-state index contributed by atoms with van der Waals surface area (Å²) in [6.45, 7) is 3.33. The highest BCUT2D eigenvalue weighted by Crippen LogP contribution is 2.32. The third-order valence-corrected chi connectivity index (χ3v) is 7.22. The van der Waals surface area contributed by atoms with Crippen LogP contribution in [0.25, 0.3) is 0 Å². The second-order valence-corrected chi connectivity index (χ2v) is 10.1. The maximum atomic E-state index is 13.5. The summed E-state index contributed by atoms with van der Waals surface area (Å²) in [6, 6.07) is 18.9. The molecule has 8 nitrogen and oxygen atoms in total. The Morgan fingerprint density at radius 3 is 2.26 bits per heavy atom. The molecule has 0 spiro atoms. The Kier molecular flexibility index (Phi) is 7.16. The van der Waals surface area contributed by atoms with Crippen molar-refractivity contribution in [3.05, 3.63) is 77.9 Å². The van der Waals surface area contributed by atoms with E-state index in [0.29, 0.717) is 42.5 Å². The molecule has 0 radical (unpaired) electrons. The van der Waals surface area contributed by atoms with E-state index in [2.05, 4.69) is 4.72 Å². The number of hydrogen-bond acceptors (Lipinski definition) is 5. The minimum absolute atomic E-state index is 0.158. The number of carbonyl (C=O) groups excluding carboxylic acids is 1. The van der Waals surface area contributed by atoms with E-state index in [1.54, 1.807) is 60.4 Å². The Balaban J connectivity index is 1.61. The van der Waals surface area contributed by atoms with Gasteiger partial charge in [-0.15, -0.1) is 0 Å². The van der Waals surface area contributed by atoms with Crippen molar-refractivity contribution in [1.29, 1.82) is 0 Å². The van der Waals surface area contributed by atoms with E-state index in [-0.39, 0.29) is 10.9 Å². The summed E-state index contributed by atoms with van der Waals surface area (Å²) in [7, 11) is -0.645. The summed E-state index contributed by atoms with van der Waals surface area (Å²) in [5.41, 5.74) is 2.65. The summed E-state index contributed by atoms with van der Waals surface area (Å²) in [5.74, 6) is 1.30. The number of carbonyl (C=O) groups is 1. The maximum absolute atomic E-state index is 13.5. The van der Waals surface area contributed by atoms with Crippen molar-refractivity contribution in [1.82, 2.24) is 4.90 Å². The summed E-state index contributed by atoms with van der Waals surface area (Å²) in [6.07, 6.45) is 0.742. The van der Waals surface area contributed by atoms with Crippen LogP contribution in [0, 0.1) is 6.92 Å². The fourth-order valence-electron chi connectivity index (χ4n) is 4.10. The van der Waals surface area contributed by atoms with E-state index in [9.17, 15) is 13.2 Å². The normalized spacial score (nSPS) is 14.1. The largest absolute Gasteiger partial charge is 0.497 e. The van der Waals surface area contributed by atoms with Gasteiger partial charge in [0.2, 0.25) is 0 Å². The molecule has 1 heterocycles. The lowest BCUT2D eigenvalue weighted by Crippen LogP contribution is -2.49. The molecule has 0 unspecified atom stereocenters. The molecule has 2 amide bonds. The van der Waals surface area contributed by atoms with Crippen molar-refractivity contribution < 1.29 is 22.7 Å². The molecule has 1 aliphatic heterocycles. The smallest absolute Gasteiger partial charge is 0.324 e. The van der Waals surface area contributed by atoms with Crippen LogP contribution in [-0.4, -0.2) is 46.7 Å². The van der Waals surface area contributed by atoms with Crippen LogP contribution in [0.1, 0.15) is 17.5 Å². The van der Waals surface area contributed by atoms with Gasteiger partial charge in [0, 0.05) is 25.7 Å². The number of methoxy groups -OCH3 is 2. The van der Waals surface area contributed by atoms with Crippen LogP contribution < -0.4 is 19.1 Å². The first kappa shape index (κ1) is 24.4. The molecule has 0 bridgehead atoms. The van der Waals surface area contributed by atoms with Gasteiger partial charge in [0.15, 0.2) is 0 Å². The van der Waals surface area contributed by atoms with Crippen molar-refractivity contribution >= 4 is 27.4 Å². The third-order valence-electron chi connectivity index (χ3n) is 5.84. The summed E-state index contributed by atoms with van der Waals surface area (Å²) in [5, 5.41) is 0. The molecule has 1 fully saturated rings. The van der Waals surface area contributed by atoms with E-state index in [0.717, 1.165) is 17.5 Å². The lowest BCUT2D eigenvalue weighted by atomic mass is 10.1. The molecule has 0 aliphatic carbocycles. The molecular formula is C26H29N3O5S.